The summed E-state index contributed by atoms with van der Waals surface area (Å²) in [6, 6.07) is 6.67. The van der Waals surface area contributed by atoms with Crippen molar-refractivity contribution in [3.63, 3.8) is 0 Å². The van der Waals surface area contributed by atoms with Crippen LogP contribution < -0.4 is 0 Å². The number of rotatable bonds is 4. The minimum atomic E-state index is -3.64. The van der Waals surface area contributed by atoms with Crippen LogP contribution in [0.5, 0.6) is 0 Å². The standard InChI is InChI=1S/C20H25NO5S/c1-4-25-19(22)18-16-11-14(3)21(12-20(16)10-9-17(18)26-20)27(23,24)15-7-5-13(2)6-8-15/h5-10,14,16-18H,4,11-12H2,1-3H3/t14-,16?,17-,18-,20-/m1/s1. The molecule has 6 nitrogen and oxygen atoms in total. The molecular formula is C20H25NO5S. The molecule has 1 aromatic rings. The van der Waals surface area contributed by atoms with E-state index in [1.54, 1.807) is 31.2 Å². The fraction of sp³-hybridized carbons (Fsp3) is 0.550. The van der Waals surface area contributed by atoms with Gasteiger partial charge in [-0.25, -0.2) is 8.42 Å². The predicted octanol–water partition coefficient (Wildman–Crippen LogP) is 2.28. The molecular weight excluding hydrogens is 366 g/mol. The van der Waals surface area contributed by atoms with Gasteiger partial charge in [-0.2, -0.15) is 4.31 Å². The molecule has 5 atom stereocenters. The Bertz CT molecular complexity index is 878. The van der Waals surface area contributed by atoms with E-state index in [9.17, 15) is 13.2 Å². The summed E-state index contributed by atoms with van der Waals surface area (Å²) < 4.78 is 39.4. The molecule has 3 aliphatic heterocycles. The number of sulfonamides is 1. The second kappa shape index (κ2) is 6.43. The van der Waals surface area contributed by atoms with E-state index >= 15 is 0 Å². The summed E-state index contributed by atoms with van der Waals surface area (Å²) in [5.74, 6) is -0.673. The topological polar surface area (TPSA) is 72.9 Å². The first-order valence-electron chi connectivity index (χ1n) is 9.41. The Labute approximate surface area is 160 Å². The lowest BCUT2D eigenvalue weighted by Gasteiger charge is -2.45. The Balaban J connectivity index is 1.65. The van der Waals surface area contributed by atoms with Crippen LogP contribution in [0.15, 0.2) is 41.3 Å². The van der Waals surface area contributed by atoms with Gasteiger partial charge in [0.1, 0.15) is 5.60 Å². The number of carbonyl (C=O) groups excluding carboxylic acids is 1. The Kier molecular flexibility index (Phi) is 4.44. The van der Waals surface area contributed by atoms with E-state index in [4.69, 9.17) is 9.47 Å². The highest BCUT2D eigenvalue weighted by molar-refractivity contribution is 7.89. The maximum Gasteiger partial charge on any atom is 0.312 e. The average molecular weight is 391 g/mol. The molecule has 4 rings (SSSR count). The van der Waals surface area contributed by atoms with Crippen LogP contribution >= 0.6 is 0 Å². The molecule has 27 heavy (non-hydrogen) atoms. The molecule has 2 bridgehead atoms. The number of esters is 1. The SMILES string of the molecule is CCOC(=O)[C@@H]1C2C[C@@H](C)N(S(=O)(=O)c3ccc(C)cc3)C[C@]23C=C[C@H]1O3. The second-order valence-corrected chi connectivity index (χ2v) is 9.62. The molecule has 0 radical (unpaired) electrons. The zero-order valence-corrected chi connectivity index (χ0v) is 16.6. The molecule has 1 aromatic carbocycles. The molecule has 0 aromatic heterocycles. The number of fused-ring (bicyclic) bond motifs is 1. The number of piperidine rings is 1. The summed E-state index contributed by atoms with van der Waals surface area (Å²) in [6.45, 7) is 6.16. The molecule has 1 spiro atoms. The number of ether oxygens (including phenoxy) is 2. The molecule has 7 heteroatoms. The fourth-order valence-electron chi connectivity index (χ4n) is 4.67. The second-order valence-electron chi connectivity index (χ2n) is 7.73. The normalized spacial score (nSPS) is 35.2. The van der Waals surface area contributed by atoms with E-state index in [1.165, 1.54) is 4.31 Å². The molecule has 146 valence electrons. The minimum Gasteiger partial charge on any atom is -0.466 e. The third kappa shape index (κ3) is 2.83. The molecule has 0 amide bonds. The van der Waals surface area contributed by atoms with Crippen LogP contribution in [0, 0.1) is 18.8 Å². The summed E-state index contributed by atoms with van der Waals surface area (Å²) in [5.41, 5.74) is 0.268. The highest BCUT2D eigenvalue weighted by atomic mass is 32.2. The van der Waals surface area contributed by atoms with Gasteiger partial charge in [0.05, 0.1) is 23.5 Å². The van der Waals surface area contributed by atoms with E-state index in [0.29, 0.717) is 13.0 Å². The van der Waals surface area contributed by atoms with Crippen molar-refractivity contribution < 1.29 is 22.7 Å². The zero-order chi connectivity index (χ0) is 19.4. The summed E-state index contributed by atoms with van der Waals surface area (Å²) in [6.07, 6.45) is 4.06. The van der Waals surface area contributed by atoms with Gasteiger partial charge in [0.2, 0.25) is 10.0 Å². The summed E-state index contributed by atoms with van der Waals surface area (Å²) in [5, 5.41) is 0. The zero-order valence-electron chi connectivity index (χ0n) is 15.8. The van der Waals surface area contributed by atoms with Gasteiger partial charge in [-0.15, -0.1) is 0 Å². The maximum absolute atomic E-state index is 13.2. The maximum atomic E-state index is 13.2. The number of aryl methyl sites for hydroxylation is 1. The molecule has 3 aliphatic rings. The first kappa shape index (κ1) is 18.7. The summed E-state index contributed by atoms with van der Waals surface area (Å²) in [7, 11) is -3.64. The quantitative estimate of drug-likeness (QED) is 0.582. The van der Waals surface area contributed by atoms with Crippen LogP contribution in [0.2, 0.25) is 0 Å². The van der Waals surface area contributed by atoms with Crippen molar-refractivity contribution in [1.29, 1.82) is 0 Å². The van der Waals surface area contributed by atoms with E-state index in [-0.39, 0.29) is 41.4 Å². The van der Waals surface area contributed by atoms with Gasteiger partial charge in [0, 0.05) is 18.5 Å². The van der Waals surface area contributed by atoms with Crippen molar-refractivity contribution in [2.24, 2.45) is 11.8 Å². The average Bonchev–Trinajstić information content (AvgIpc) is 3.17. The van der Waals surface area contributed by atoms with Gasteiger partial charge in [-0.1, -0.05) is 29.8 Å². The van der Waals surface area contributed by atoms with Crippen LogP contribution in [-0.4, -0.2) is 49.6 Å². The number of hydrogen-bond acceptors (Lipinski definition) is 5. The van der Waals surface area contributed by atoms with Crippen molar-refractivity contribution in [2.75, 3.05) is 13.2 Å². The number of benzene rings is 1. The molecule has 2 saturated heterocycles. The lowest BCUT2D eigenvalue weighted by molar-refractivity contribution is -0.150. The van der Waals surface area contributed by atoms with Crippen LogP contribution in [0.3, 0.4) is 0 Å². The summed E-state index contributed by atoms with van der Waals surface area (Å²) in [4.78, 5) is 12.7. The molecule has 1 unspecified atom stereocenters. The van der Waals surface area contributed by atoms with Crippen molar-refractivity contribution in [1.82, 2.24) is 4.31 Å². The van der Waals surface area contributed by atoms with E-state index in [1.807, 2.05) is 26.0 Å². The molecule has 0 N–H and O–H groups in total. The highest BCUT2D eigenvalue weighted by Gasteiger charge is 2.63. The van der Waals surface area contributed by atoms with Crippen molar-refractivity contribution >= 4 is 16.0 Å². The molecule has 0 saturated carbocycles. The van der Waals surface area contributed by atoms with Gasteiger partial charge in [0.15, 0.2) is 0 Å². The first-order chi connectivity index (χ1) is 12.8. The van der Waals surface area contributed by atoms with Crippen LogP contribution in [0.25, 0.3) is 0 Å². The van der Waals surface area contributed by atoms with Gasteiger partial charge >= 0.3 is 5.97 Å². The number of nitrogens with zero attached hydrogens (tertiary/aromatic N) is 1. The van der Waals surface area contributed by atoms with Crippen molar-refractivity contribution in [2.45, 2.75) is 49.8 Å². The molecule has 2 fully saturated rings. The monoisotopic (exact) mass is 391 g/mol. The molecule has 3 heterocycles. The Morgan fingerprint density at radius 3 is 2.70 bits per heavy atom. The summed E-state index contributed by atoms with van der Waals surface area (Å²) >= 11 is 0. The first-order valence-corrected chi connectivity index (χ1v) is 10.8. The van der Waals surface area contributed by atoms with E-state index in [0.717, 1.165) is 5.56 Å². The van der Waals surface area contributed by atoms with Gasteiger partial charge in [0.25, 0.3) is 0 Å². The third-order valence-corrected chi connectivity index (χ3v) is 7.99. The lowest BCUT2D eigenvalue weighted by Crippen LogP contribution is -2.57. The van der Waals surface area contributed by atoms with Crippen molar-refractivity contribution in [3.8, 4) is 0 Å². The largest absolute Gasteiger partial charge is 0.466 e. The van der Waals surface area contributed by atoms with Crippen LogP contribution in [0.4, 0.5) is 0 Å². The van der Waals surface area contributed by atoms with E-state index in [2.05, 4.69) is 0 Å². The predicted molar refractivity (Wildman–Crippen MR) is 99.5 cm³/mol. The Hall–Kier alpha value is -1.70. The smallest absolute Gasteiger partial charge is 0.312 e. The highest BCUT2D eigenvalue weighted by Crippen LogP contribution is 2.53. The number of hydrogen-bond donors (Lipinski definition) is 0. The minimum absolute atomic E-state index is 0.0639. The van der Waals surface area contributed by atoms with Gasteiger partial charge < -0.3 is 9.47 Å². The number of carbonyl (C=O) groups is 1. The van der Waals surface area contributed by atoms with Gasteiger partial charge in [-0.3, -0.25) is 4.79 Å². The van der Waals surface area contributed by atoms with Gasteiger partial charge in [-0.05, 0) is 39.3 Å². The lowest BCUT2D eigenvalue weighted by atomic mass is 9.70. The Morgan fingerprint density at radius 1 is 1.33 bits per heavy atom. The van der Waals surface area contributed by atoms with Crippen molar-refractivity contribution in [3.05, 3.63) is 42.0 Å². The van der Waals surface area contributed by atoms with E-state index < -0.39 is 15.6 Å². The van der Waals surface area contributed by atoms with Crippen LogP contribution in [-0.2, 0) is 24.3 Å². The third-order valence-electron chi connectivity index (χ3n) is 6.01. The fourth-order valence-corrected chi connectivity index (χ4v) is 6.35. The van der Waals surface area contributed by atoms with Crippen LogP contribution in [0.1, 0.15) is 25.8 Å². The molecule has 0 aliphatic carbocycles. The Morgan fingerprint density at radius 2 is 2.04 bits per heavy atom.